The summed E-state index contributed by atoms with van der Waals surface area (Å²) in [5, 5.41) is 19.9. The number of aromatic nitrogens is 1. The molecule has 2 N–H and O–H groups in total. The van der Waals surface area contributed by atoms with E-state index in [2.05, 4.69) is 25.9 Å². The third-order valence-corrected chi connectivity index (χ3v) is 4.30. The first-order valence-electron chi connectivity index (χ1n) is 7.91. The molecule has 26 heavy (non-hydrogen) atoms. The molecule has 0 fully saturated rings. The topological polar surface area (TPSA) is 101 Å². The highest BCUT2D eigenvalue weighted by Gasteiger charge is 2.21. The van der Waals surface area contributed by atoms with Gasteiger partial charge in [0.25, 0.3) is 0 Å². The van der Waals surface area contributed by atoms with Crippen molar-refractivity contribution in [3.63, 3.8) is 0 Å². The third-order valence-electron chi connectivity index (χ3n) is 3.45. The van der Waals surface area contributed by atoms with Crippen molar-refractivity contribution in [1.82, 2.24) is 4.98 Å². The summed E-state index contributed by atoms with van der Waals surface area (Å²) in [4.78, 5) is 20.4. The Labute approximate surface area is 165 Å². The quantitative estimate of drug-likeness (QED) is 0.207. The number of esters is 1. The Bertz CT molecular complexity index is 707. The molecule has 0 aliphatic heterocycles. The van der Waals surface area contributed by atoms with Gasteiger partial charge in [-0.1, -0.05) is 25.4 Å². The highest BCUT2D eigenvalue weighted by molar-refractivity contribution is 9.10. The second kappa shape index (κ2) is 10.5. The molecule has 0 aliphatic carbocycles. The smallest absolute Gasteiger partial charge is 0.343 e. The zero-order valence-corrected chi connectivity index (χ0v) is 17.3. The standard InChI is InChI=1S/C17H22BrClN2O5/c1-5-26-17(24)11(7-20-13(8-22)9(2)3)14(23)10-6-12(18)16(25-4)21-15(10)19/h6-7,9,13,22-23H,5,8H2,1-4H3/t13-/m1/s1. The molecule has 1 atom stereocenters. The number of aliphatic hydroxyl groups excluding tert-OH is 2. The van der Waals surface area contributed by atoms with Gasteiger partial charge >= 0.3 is 5.97 Å². The van der Waals surface area contributed by atoms with Crippen LogP contribution in [0.3, 0.4) is 0 Å². The van der Waals surface area contributed by atoms with Crippen LogP contribution in [0.4, 0.5) is 0 Å². The summed E-state index contributed by atoms with van der Waals surface area (Å²) >= 11 is 9.35. The minimum absolute atomic E-state index is 0.0437. The molecule has 1 rings (SSSR count). The summed E-state index contributed by atoms with van der Waals surface area (Å²) in [5.41, 5.74) is -0.0781. The number of aliphatic hydroxyl groups is 2. The summed E-state index contributed by atoms with van der Waals surface area (Å²) in [6.07, 6.45) is 1.18. The number of ether oxygens (including phenoxy) is 2. The predicted octanol–water partition coefficient (Wildman–Crippen LogP) is 3.43. The van der Waals surface area contributed by atoms with E-state index >= 15 is 0 Å². The Hall–Kier alpha value is -1.64. The van der Waals surface area contributed by atoms with E-state index in [0.717, 1.165) is 0 Å². The van der Waals surface area contributed by atoms with Crippen LogP contribution in [0.15, 0.2) is 21.1 Å². The lowest BCUT2D eigenvalue weighted by atomic mass is 10.1. The Kier molecular flexibility index (Phi) is 9.04. The van der Waals surface area contributed by atoms with Crippen molar-refractivity contribution in [1.29, 1.82) is 0 Å². The van der Waals surface area contributed by atoms with Crippen molar-refractivity contribution in [2.24, 2.45) is 10.9 Å². The van der Waals surface area contributed by atoms with Gasteiger partial charge in [0.1, 0.15) is 16.5 Å². The maximum absolute atomic E-state index is 12.3. The van der Waals surface area contributed by atoms with Crippen LogP contribution in [0.5, 0.6) is 5.88 Å². The summed E-state index contributed by atoms with van der Waals surface area (Å²) in [7, 11) is 1.43. The third kappa shape index (κ3) is 5.69. The van der Waals surface area contributed by atoms with E-state index in [1.165, 1.54) is 19.4 Å². The second-order valence-corrected chi connectivity index (χ2v) is 6.79. The zero-order chi connectivity index (χ0) is 19.9. The average Bonchev–Trinajstić information content (AvgIpc) is 2.59. The number of pyridine rings is 1. The van der Waals surface area contributed by atoms with Crippen LogP contribution in [0.1, 0.15) is 26.3 Å². The molecule has 0 amide bonds. The van der Waals surface area contributed by atoms with Gasteiger partial charge in [0, 0.05) is 6.21 Å². The van der Waals surface area contributed by atoms with Crippen molar-refractivity contribution in [2.45, 2.75) is 26.8 Å². The second-order valence-electron chi connectivity index (χ2n) is 5.57. The van der Waals surface area contributed by atoms with Crippen LogP contribution in [0.2, 0.25) is 5.15 Å². The summed E-state index contributed by atoms with van der Waals surface area (Å²) in [5.74, 6) is -0.925. The average molecular weight is 450 g/mol. The fourth-order valence-electron chi connectivity index (χ4n) is 1.92. The molecule has 0 bridgehead atoms. The Morgan fingerprint density at radius 2 is 2.15 bits per heavy atom. The minimum atomic E-state index is -0.766. The number of halogens is 2. The number of rotatable bonds is 8. The Morgan fingerprint density at radius 3 is 2.65 bits per heavy atom. The summed E-state index contributed by atoms with van der Waals surface area (Å²) in [6, 6.07) is 1.05. The fraction of sp³-hybridized carbons (Fsp3) is 0.471. The molecule has 0 unspecified atom stereocenters. The molecule has 0 aliphatic rings. The molecule has 7 nitrogen and oxygen atoms in total. The van der Waals surface area contributed by atoms with E-state index in [9.17, 15) is 15.0 Å². The van der Waals surface area contributed by atoms with E-state index in [-0.39, 0.29) is 41.3 Å². The van der Waals surface area contributed by atoms with Gasteiger partial charge in [-0.2, -0.15) is 4.98 Å². The van der Waals surface area contributed by atoms with Gasteiger partial charge in [0.2, 0.25) is 5.88 Å². The Morgan fingerprint density at radius 1 is 1.50 bits per heavy atom. The maximum Gasteiger partial charge on any atom is 0.343 e. The number of nitrogens with zero attached hydrogens (tertiary/aromatic N) is 2. The van der Waals surface area contributed by atoms with E-state index in [4.69, 9.17) is 21.1 Å². The zero-order valence-electron chi connectivity index (χ0n) is 15.0. The first-order valence-corrected chi connectivity index (χ1v) is 9.08. The highest BCUT2D eigenvalue weighted by atomic mass is 79.9. The van der Waals surface area contributed by atoms with Crippen molar-refractivity contribution >= 4 is 45.5 Å². The highest BCUT2D eigenvalue weighted by Crippen LogP contribution is 2.31. The number of hydrogen-bond acceptors (Lipinski definition) is 7. The van der Waals surface area contributed by atoms with Crippen molar-refractivity contribution in [3.05, 3.63) is 26.8 Å². The molecule has 0 spiro atoms. The van der Waals surface area contributed by atoms with Gasteiger partial charge in [-0.25, -0.2) is 4.79 Å². The van der Waals surface area contributed by atoms with Gasteiger partial charge in [0.15, 0.2) is 0 Å². The molecule has 0 aromatic carbocycles. The van der Waals surface area contributed by atoms with Crippen LogP contribution in [-0.2, 0) is 9.53 Å². The van der Waals surface area contributed by atoms with E-state index in [1.54, 1.807) is 6.92 Å². The first kappa shape index (κ1) is 22.4. The van der Waals surface area contributed by atoms with E-state index in [0.29, 0.717) is 4.47 Å². The summed E-state index contributed by atoms with van der Waals surface area (Å²) < 4.78 is 10.5. The van der Waals surface area contributed by atoms with Gasteiger partial charge in [-0.05, 0) is 34.8 Å². The SMILES string of the molecule is CCOC(=O)C(C=N[C@H](CO)C(C)C)=C(O)c1cc(Br)c(OC)nc1Cl. The molecule has 0 saturated carbocycles. The van der Waals surface area contributed by atoms with Gasteiger partial charge in [0.05, 0.1) is 36.4 Å². The molecular weight excluding hydrogens is 428 g/mol. The molecule has 0 radical (unpaired) electrons. The van der Waals surface area contributed by atoms with Crippen molar-refractivity contribution in [3.8, 4) is 5.88 Å². The fourth-order valence-corrected chi connectivity index (χ4v) is 2.63. The largest absolute Gasteiger partial charge is 0.506 e. The van der Waals surface area contributed by atoms with Crippen LogP contribution >= 0.6 is 27.5 Å². The maximum atomic E-state index is 12.3. The Balaban J connectivity index is 3.46. The predicted molar refractivity (Wildman–Crippen MR) is 104 cm³/mol. The van der Waals surface area contributed by atoms with Crippen LogP contribution < -0.4 is 4.74 Å². The molecular formula is C17H22BrClN2O5. The monoisotopic (exact) mass is 448 g/mol. The van der Waals surface area contributed by atoms with Gasteiger partial charge in [-0.3, -0.25) is 4.99 Å². The molecule has 1 heterocycles. The summed E-state index contributed by atoms with van der Waals surface area (Å²) in [6.45, 7) is 5.34. The lowest BCUT2D eigenvalue weighted by Crippen LogP contribution is -2.19. The van der Waals surface area contributed by atoms with Crippen molar-refractivity contribution < 1.29 is 24.5 Å². The van der Waals surface area contributed by atoms with Crippen molar-refractivity contribution in [2.75, 3.05) is 20.3 Å². The minimum Gasteiger partial charge on any atom is -0.506 e. The van der Waals surface area contributed by atoms with Gasteiger partial charge in [-0.15, -0.1) is 0 Å². The lowest BCUT2D eigenvalue weighted by molar-refractivity contribution is -0.137. The van der Waals surface area contributed by atoms with E-state index in [1.807, 2.05) is 13.8 Å². The van der Waals surface area contributed by atoms with Crippen LogP contribution in [0, 0.1) is 5.92 Å². The first-order chi connectivity index (χ1) is 12.3. The lowest BCUT2D eigenvalue weighted by Gasteiger charge is -2.14. The van der Waals surface area contributed by atoms with Crippen LogP contribution in [0.25, 0.3) is 5.76 Å². The molecule has 1 aromatic rings. The number of carbonyl (C=O) groups excluding carboxylic acids is 1. The molecule has 0 saturated heterocycles. The number of hydrogen-bond donors (Lipinski definition) is 2. The van der Waals surface area contributed by atoms with Gasteiger partial charge < -0.3 is 19.7 Å². The number of aliphatic imine (C=N–C) groups is 1. The molecule has 9 heteroatoms. The van der Waals surface area contributed by atoms with E-state index < -0.39 is 17.8 Å². The number of carbonyl (C=O) groups is 1. The van der Waals surface area contributed by atoms with Crippen LogP contribution in [-0.4, -0.2) is 53.7 Å². The molecule has 144 valence electrons. The normalized spacial score (nSPS) is 13.7. The molecule has 1 aromatic heterocycles. The number of methoxy groups -OCH3 is 1.